The molecule has 0 spiro atoms. The number of ether oxygens (including phenoxy) is 2. The fraction of sp³-hybridized carbons (Fsp3) is 0.529. The van der Waals surface area contributed by atoms with Crippen molar-refractivity contribution in [2.45, 2.75) is 25.0 Å². The Bertz CT molecular complexity index is 700. The molecule has 4 rings (SSSR count). The van der Waals surface area contributed by atoms with Gasteiger partial charge in [-0.25, -0.2) is 0 Å². The molecule has 2 aliphatic rings. The van der Waals surface area contributed by atoms with Crippen molar-refractivity contribution in [1.82, 2.24) is 19.9 Å². The molecule has 2 aromatic rings. The van der Waals surface area contributed by atoms with Gasteiger partial charge in [0, 0.05) is 52.3 Å². The van der Waals surface area contributed by atoms with Gasteiger partial charge in [0.05, 0.1) is 18.4 Å². The van der Waals surface area contributed by atoms with E-state index in [0.717, 1.165) is 44.1 Å². The Balaban J connectivity index is 1.48. The monoisotopic (exact) mass is 314 g/mol. The second-order valence-electron chi connectivity index (χ2n) is 6.43. The molecule has 6 nitrogen and oxygen atoms in total. The highest BCUT2D eigenvalue weighted by atomic mass is 16.5. The Morgan fingerprint density at radius 2 is 2.26 bits per heavy atom. The number of hydrogen-bond donors (Lipinski definition) is 0. The van der Waals surface area contributed by atoms with Crippen molar-refractivity contribution in [2.24, 2.45) is 7.05 Å². The van der Waals surface area contributed by atoms with Gasteiger partial charge in [-0.1, -0.05) is 17.3 Å². The molecule has 2 aliphatic heterocycles. The molecule has 1 saturated heterocycles. The maximum Gasteiger partial charge on any atom is 0.122 e. The SMILES string of the molecule is CO[C@@H]1CN(Cc2ccc3c(c2)CCO3)C[C@H]1c1cn(C)nn1. The van der Waals surface area contributed by atoms with Crippen LogP contribution >= 0.6 is 0 Å². The summed E-state index contributed by atoms with van der Waals surface area (Å²) in [6, 6.07) is 6.54. The smallest absolute Gasteiger partial charge is 0.122 e. The van der Waals surface area contributed by atoms with Crippen molar-refractivity contribution in [3.8, 4) is 5.75 Å². The van der Waals surface area contributed by atoms with E-state index in [1.807, 2.05) is 13.2 Å². The van der Waals surface area contributed by atoms with E-state index in [2.05, 4.69) is 33.4 Å². The third-order valence-electron chi connectivity index (χ3n) is 4.80. The molecule has 0 bridgehead atoms. The van der Waals surface area contributed by atoms with Crippen LogP contribution in [-0.4, -0.2) is 52.8 Å². The lowest BCUT2D eigenvalue weighted by Crippen LogP contribution is -2.22. The minimum atomic E-state index is 0.171. The van der Waals surface area contributed by atoms with Gasteiger partial charge in [0.1, 0.15) is 5.75 Å². The largest absolute Gasteiger partial charge is 0.493 e. The van der Waals surface area contributed by atoms with Crippen LogP contribution in [0.5, 0.6) is 5.75 Å². The first kappa shape index (κ1) is 14.7. The van der Waals surface area contributed by atoms with Gasteiger partial charge in [0.2, 0.25) is 0 Å². The predicted molar refractivity (Wildman–Crippen MR) is 85.5 cm³/mol. The zero-order valence-corrected chi connectivity index (χ0v) is 13.6. The summed E-state index contributed by atoms with van der Waals surface area (Å²) in [6.45, 7) is 3.61. The molecule has 1 aromatic heterocycles. The van der Waals surface area contributed by atoms with Gasteiger partial charge in [-0.05, 0) is 17.2 Å². The van der Waals surface area contributed by atoms with Crippen LogP contribution in [0, 0.1) is 0 Å². The van der Waals surface area contributed by atoms with E-state index in [4.69, 9.17) is 9.47 Å². The molecule has 0 N–H and O–H groups in total. The van der Waals surface area contributed by atoms with Crippen LogP contribution in [0.2, 0.25) is 0 Å². The Hall–Kier alpha value is -1.92. The van der Waals surface area contributed by atoms with Gasteiger partial charge < -0.3 is 9.47 Å². The number of benzene rings is 1. The minimum Gasteiger partial charge on any atom is -0.493 e. The highest BCUT2D eigenvalue weighted by Crippen LogP contribution is 2.31. The third-order valence-corrected chi connectivity index (χ3v) is 4.80. The van der Waals surface area contributed by atoms with Gasteiger partial charge in [-0.3, -0.25) is 9.58 Å². The van der Waals surface area contributed by atoms with Crippen molar-refractivity contribution in [1.29, 1.82) is 0 Å². The molecular weight excluding hydrogens is 292 g/mol. The summed E-state index contributed by atoms with van der Waals surface area (Å²) in [5.41, 5.74) is 3.68. The molecule has 3 heterocycles. The van der Waals surface area contributed by atoms with E-state index in [1.165, 1.54) is 11.1 Å². The fourth-order valence-electron chi connectivity index (χ4n) is 3.64. The van der Waals surface area contributed by atoms with E-state index < -0.39 is 0 Å². The van der Waals surface area contributed by atoms with Crippen molar-refractivity contribution < 1.29 is 9.47 Å². The molecule has 0 saturated carbocycles. The highest BCUT2D eigenvalue weighted by Gasteiger charge is 2.35. The number of fused-ring (bicyclic) bond motifs is 1. The second kappa shape index (κ2) is 5.94. The normalized spacial score (nSPS) is 23.9. The number of aryl methyl sites for hydroxylation is 1. The summed E-state index contributed by atoms with van der Waals surface area (Å²) in [7, 11) is 3.68. The first-order chi connectivity index (χ1) is 11.2. The van der Waals surface area contributed by atoms with Gasteiger partial charge in [-0.2, -0.15) is 0 Å². The summed E-state index contributed by atoms with van der Waals surface area (Å²) in [5, 5.41) is 8.33. The summed E-state index contributed by atoms with van der Waals surface area (Å²) < 4.78 is 13.0. The quantitative estimate of drug-likeness (QED) is 0.853. The zero-order valence-electron chi connectivity index (χ0n) is 13.6. The van der Waals surface area contributed by atoms with Crippen LogP contribution in [0.15, 0.2) is 24.4 Å². The molecule has 6 heteroatoms. The fourth-order valence-corrected chi connectivity index (χ4v) is 3.64. The van der Waals surface area contributed by atoms with E-state index in [-0.39, 0.29) is 12.0 Å². The van der Waals surface area contributed by atoms with Crippen LogP contribution in [0.3, 0.4) is 0 Å². The highest BCUT2D eigenvalue weighted by molar-refractivity contribution is 5.39. The van der Waals surface area contributed by atoms with E-state index in [9.17, 15) is 0 Å². The lowest BCUT2D eigenvalue weighted by molar-refractivity contribution is 0.0957. The molecule has 0 aliphatic carbocycles. The first-order valence-corrected chi connectivity index (χ1v) is 8.09. The summed E-state index contributed by atoms with van der Waals surface area (Å²) in [4.78, 5) is 2.44. The van der Waals surface area contributed by atoms with Crippen molar-refractivity contribution in [3.63, 3.8) is 0 Å². The molecule has 1 fully saturated rings. The average Bonchev–Trinajstić information content (AvgIpc) is 3.25. The maximum atomic E-state index is 5.69. The van der Waals surface area contributed by atoms with Gasteiger partial charge in [0.15, 0.2) is 0 Å². The molecule has 1 aromatic carbocycles. The van der Waals surface area contributed by atoms with Crippen LogP contribution in [0.1, 0.15) is 22.7 Å². The molecule has 23 heavy (non-hydrogen) atoms. The number of likely N-dealkylation sites (tertiary alicyclic amines) is 1. The van der Waals surface area contributed by atoms with E-state index >= 15 is 0 Å². The number of nitrogens with zero attached hydrogens (tertiary/aromatic N) is 4. The molecule has 0 amide bonds. The Kier molecular flexibility index (Phi) is 3.79. The zero-order chi connectivity index (χ0) is 15.8. The molecule has 0 radical (unpaired) electrons. The Morgan fingerprint density at radius 1 is 1.35 bits per heavy atom. The van der Waals surface area contributed by atoms with Crippen molar-refractivity contribution in [3.05, 3.63) is 41.2 Å². The average molecular weight is 314 g/mol. The molecule has 0 unspecified atom stereocenters. The number of aromatic nitrogens is 3. The predicted octanol–water partition coefficient (Wildman–Crippen LogP) is 1.36. The molecule has 122 valence electrons. The number of hydrogen-bond acceptors (Lipinski definition) is 5. The lowest BCUT2D eigenvalue weighted by Gasteiger charge is -2.15. The van der Waals surface area contributed by atoms with Crippen molar-refractivity contribution >= 4 is 0 Å². The molecule has 2 atom stereocenters. The van der Waals surface area contributed by atoms with E-state index in [0.29, 0.717) is 0 Å². The summed E-state index contributed by atoms with van der Waals surface area (Å²) in [5.74, 6) is 1.33. The second-order valence-corrected chi connectivity index (χ2v) is 6.43. The van der Waals surface area contributed by atoms with E-state index in [1.54, 1.807) is 11.8 Å². The van der Waals surface area contributed by atoms with Crippen LogP contribution in [0.25, 0.3) is 0 Å². The Labute approximate surface area is 136 Å². The van der Waals surface area contributed by atoms with Gasteiger partial charge >= 0.3 is 0 Å². The van der Waals surface area contributed by atoms with Crippen molar-refractivity contribution in [2.75, 3.05) is 26.8 Å². The van der Waals surface area contributed by atoms with Crippen LogP contribution in [-0.2, 0) is 24.8 Å². The minimum absolute atomic E-state index is 0.171. The van der Waals surface area contributed by atoms with Gasteiger partial charge in [0.25, 0.3) is 0 Å². The Morgan fingerprint density at radius 3 is 3.04 bits per heavy atom. The van der Waals surface area contributed by atoms with Crippen LogP contribution in [0.4, 0.5) is 0 Å². The van der Waals surface area contributed by atoms with Crippen LogP contribution < -0.4 is 4.74 Å². The first-order valence-electron chi connectivity index (χ1n) is 8.09. The number of rotatable bonds is 4. The van der Waals surface area contributed by atoms with Gasteiger partial charge in [-0.15, -0.1) is 5.10 Å². The lowest BCUT2D eigenvalue weighted by atomic mass is 10.0. The standard InChI is InChI=1S/C17H22N4O2/c1-20-10-15(18-19-20)14-9-21(11-17(14)22-2)8-12-3-4-16-13(7-12)5-6-23-16/h3-4,7,10,14,17H,5-6,8-9,11H2,1-2H3/t14-,17+/m0/s1. The summed E-state index contributed by atoms with van der Waals surface area (Å²) >= 11 is 0. The summed E-state index contributed by atoms with van der Waals surface area (Å²) in [6.07, 6.45) is 3.18. The third kappa shape index (κ3) is 2.84. The number of methoxy groups -OCH3 is 1. The molecular formula is C17H22N4O2. The topological polar surface area (TPSA) is 52.4 Å². The maximum absolute atomic E-state index is 5.69.